The average Bonchev–Trinajstić information content (AvgIpc) is 3.35. The molecule has 3 aliphatic rings. The van der Waals surface area contributed by atoms with E-state index in [0.717, 1.165) is 53.0 Å². The first-order chi connectivity index (χ1) is 21.2. The summed E-state index contributed by atoms with van der Waals surface area (Å²) in [6, 6.07) is 12.3. The molecule has 2 aromatic carbocycles. The van der Waals surface area contributed by atoms with Gasteiger partial charge in [-0.05, 0) is 43.3 Å². The van der Waals surface area contributed by atoms with E-state index in [-0.39, 0.29) is 19.1 Å². The van der Waals surface area contributed by atoms with Crippen LogP contribution in [-0.2, 0) is 17.8 Å². The molecule has 0 spiro atoms. The summed E-state index contributed by atoms with van der Waals surface area (Å²) in [5, 5.41) is 2.80. The number of likely N-dealkylation sites (tertiary alicyclic amines) is 1. The number of benzene rings is 2. The lowest BCUT2D eigenvalue weighted by atomic mass is 10.0. The number of piperazine rings is 1. The molecule has 44 heavy (non-hydrogen) atoms. The Labute approximate surface area is 262 Å². The zero-order valence-corrected chi connectivity index (χ0v) is 25.9. The molecule has 0 N–H and O–H groups in total. The van der Waals surface area contributed by atoms with Gasteiger partial charge in [-0.25, -0.2) is 11.0 Å². The third kappa shape index (κ3) is 5.91. The molecule has 0 unspecified atom stereocenters. The minimum Gasteiger partial charge on any atom is -0.462 e. The zero-order chi connectivity index (χ0) is 31.0. The highest BCUT2D eigenvalue weighted by atomic mass is 35.5. The molecule has 3 aliphatic heterocycles. The van der Waals surface area contributed by atoms with Crippen molar-refractivity contribution >= 4 is 39.8 Å². The number of aromatic nitrogens is 2. The average molecular weight is 618 g/mol. The van der Waals surface area contributed by atoms with Gasteiger partial charge in [-0.3, -0.25) is 9.69 Å². The van der Waals surface area contributed by atoms with Gasteiger partial charge in [0.2, 0.25) is 6.54 Å². The molecule has 9 nitrogen and oxygen atoms in total. The van der Waals surface area contributed by atoms with E-state index in [9.17, 15) is 9.18 Å². The molecule has 1 amide bonds. The Hall–Kier alpha value is -3.94. The standard InChI is InChI=1S/C33H37ClFN7O2/c1-21-15-24(39(4)17-21)20-44-33-37-28-19-40(29-10-6-8-23-7-5-9-27(34)30(23)29)12-11-26(28)31(38-33)41-13-14-42(32(43)22(2)35)25(18-41)16-36-3/h5-10,21,24-25H,2,11-20H2,1,4H3/t21-,24+,25+/m1/s1. The second-order valence-corrected chi connectivity index (χ2v) is 12.5. The molecule has 2 saturated heterocycles. The summed E-state index contributed by atoms with van der Waals surface area (Å²) in [6.45, 7) is 16.8. The fourth-order valence-corrected chi connectivity index (χ4v) is 7.20. The second kappa shape index (κ2) is 12.6. The molecule has 0 radical (unpaired) electrons. The monoisotopic (exact) mass is 617 g/mol. The molecule has 0 bridgehead atoms. The van der Waals surface area contributed by atoms with Crippen LogP contribution in [0.5, 0.6) is 6.01 Å². The molecular formula is C33H37ClFN7O2. The van der Waals surface area contributed by atoms with Crippen molar-refractivity contribution in [2.45, 2.75) is 38.4 Å². The Morgan fingerprint density at radius 1 is 1.14 bits per heavy atom. The zero-order valence-electron chi connectivity index (χ0n) is 25.2. The molecule has 4 heterocycles. The number of anilines is 2. The molecule has 3 atom stereocenters. The van der Waals surface area contributed by atoms with Crippen molar-refractivity contribution in [2.24, 2.45) is 5.92 Å². The minimum absolute atomic E-state index is 0.0635. The Bertz CT molecular complexity index is 1620. The van der Waals surface area contributed by atoms with Gasteiger partial charge >= 0.3 is 6.01 Å². The highest BCUT2D eigenvalue weighted by Gasteiger charge is 2.36. The van der Waals surface area contributed by atoms with E-state index in [1.807, 2.05) is 18.2 Å². The van der Waals surface area contributed by atoms with Gasteiger partial charge in [0.25, 0.3) is 5.91 Å². The van der Waals surface area contributed by atoms with Gasteiger partial charge < -0.3 is 24.3 Å². The van der Waals surface area contributed by atoms with Crippen LogP contribution in [0.25, 0.3) is 15.6 Å². The Kier molecular flexibility index (Phi) is 8.61. The number of amides is 1. The molecule has 0 aliphatic carbocycles. The number of carbonyl (C=O) groups is 1. The molecule has 0 saturated carbocycles. The van der Waals surface area contributed by atoms with Gasteiger partial charge in [-0.1, -0.05) is 49.4 Å². The summed E-state index contributed by atoms with van der Waals surface area (Å²) in [5.74, 6) is -0.405. The van der Waals surface area contributed by atoms with E-state index in [1.54, 1.807) is 0 Å². The first kappa shape index (κ1) is 30.1. The number of halogens is 2. The second-order valence-electron chi connectivity index (χ2n) is 12.1. The lowest BCUT2D eigenvalue weighted by Crippen LogP contribution is -2.57. The first-order valence-corrected chi connectivity index (χ1v) is 15.5. The van der Waals surface area contributed by atoms with Crippen molar-refractivity contribution in [3.05, 3.63) is 76.5 Å². The van der Waals surface area contributed by atoms with Crippen LogP contribution in [0.1, 0.15) is 24.6 Å². The van der Waals surface area contributed by atoms with E-state index in [0.29, 0.717) is 49.6 Å². The van der Waals surface area contributed by atoms with Gasteiger partial charge in [-0.2, -0.15) is 9.97 Å². The smallest absolute Gasteiger partial charge is 0.318 e. The van der Waals surface area contributed by atoms with E-state index in [1.165, 1.54) is 4.90 Å². The molecule has 11 heteroatoms. The van der Waals surface area contributed by atoms with Crippen molar-refractivity contribution in [1.82, 2.24) is 19.8 Å². The highest BCUT2D eigenvalue weighted by molar-refractivity contribution is 6.36. The summed E-state index contributed by atoms with van der Waals surface area (Å²) >= 11 is 6.69. The summed E-state index contributed by atoms with van der Waals surface area (Å²) in [6.07, 6.45) is 1.75. The lowest BCUT2D eigenvalue weighted by molar-refractivity contribution is -0.131. The van der Waals surface area contributed by atoms with Crippen LogP contribution in [0.3, 0.4) is 0 Å². The maximum Gasteiger partial charge on any atom is 0.318 e. The summed E-state index contributed by atoms with van der Waals surface area (Å²) in [7, 11) is 2.12. The molecule has 1 aromatic heterocycles. The minimum atomic E-state index is -1.01. The van der Waals surface area contributed by atoms with Crippen LogP contribution in [0.2, 0.25) is 5.02 Å². The Balaban J connectivity index is 1.34. The normalized spacial score (nSPS) is 22.2. The molecule has 3 aromatic rings. The van der Waals surface area contributed by atoms with Gasteiger partial charge in [0.1, 0.15) is 18.5 Å². The van der Waals surface area contributed by atoms with E-state index < -0.39 is 17.8 Å². The fraction of sp³-hybridized carbons (Fsp3) is 0.455. The number of rotatable bonds is 7. The summed E-state index contributed by atoms with van der Waals surface area (Å²) < 4.78 is 20.1. The number of hydrogen-bond acceptors (Lipinski definition) is 7. The van der Waals surface area contributed by atoms with Crippen molar-refractivity contribution in [3.8, 4) is 6.01 Å². The Morgan fingerprint density at radius 2 is 1.93 bits per heavy atom. The number of carbonyl (C=O) groups excluding carboxylic acids is 1. The largest absolute Gasteiger partial charge is 0.462 e. The molecular weight excluding hydrogens is 581 g/mol. The highest BCUT2D eigenvalue weighted by Crippen LogP contribution is 2.37. The maximum atomic E-state index is 13.8. The van der Waals surface area contributed by atoms with Gasteiger partial charge in [0.05, 0.1) is 17.3 Å². The van der Waals surface area contributed by atoms with E-state index in [4.69, 9.17) is 32.9 Å². The van der Waals surface area contributed by atoms with Crippen molar-refractivity contribution in [1.29, 1.82) is 0 Å². The van der Waals surface area contributed by atoms with Gasteiger partial charge in [0, 0.05) is 55.4 Å². The number of ether oxygens (including phenoxy) is 1. The maximum absolute atomic E-state index is 13.8. The topological polar surface area (TPSA) is 69.4 Å². The van der Waals surface area contributed by atoms with Crippen LogP contribution >= 0.6 is 11.6 Å². The third-order valence-electron chi connectivity index (χ3n) is 9.07. The van der Waals surface area contributed by atoms with Gasteiger partial charge in [-0.15, -0.1) is 0 Å². The van der Waals surface area contributed by atoms with E-state index in [2.05, 4.69) is 58.3 Å². The number of fused-ring (bicyclic) bond motifs is 2. The molecule has 2 fully saturated rings. The SMILES string of the molecule is [C-]#[N+]C[C@H]1CN(c2nc(OC[C@@H]3C[C@@H](C)CN3C)nc3c2CCN(c2cccc4cccc(Cl)c24)C3)CCN1C(=O)C(=C)F. The van der Waals surface area contributed by atoms with Crippen LogP contribution in [0, 0.1) is 12.5 Å². The van der Waals surface area contributed by atoms with Crippen LogP contribution in [0.4, 0.5) is 15.9 Å². The van der Waals surface area contributed by atoms with E-state index >= 15 is 0 Å². The number of nitrogens with zero attached hydrogens (tertiary/aromatic N) is 7. The quantitative estimate of drug-likeness (QED) is 0.274. The predicted molar refractivity (Wildman–Crippen MR) is 171 cm³/mol. The summed E-state index contributed by atoms with van der Waals surface area (Å²) in [4.78, 5) is 34.1. The number of hydrogen-bond donors (Lipinski definition) is 0. The predicted octanol–water partition coefficient (Wildman–Crippen LogP) is 4.98. The first-order valence-electron chi connectivity index (χ1n) is 15.1. The van der Waals surface area contributed by atoms with Crippen LogP contribution in [0.15, 0.2) is 48.8 Å². The molecule has 6 rings (SSSR count). The van der Waals surface area contributed by atoms with Crippen molar-refractivity contribution in [2.75, 3.05) is 62.7 Å². The third-order valence-corrected chi connectivity index (χ3v) is 9.39. The van der Waals surface area contributed by atoms with Crippen LogP contribution < -0.4 is 14.5 Å². The van der Waals surface area contributed by atoms with Gasteiger partial charge in [0.15, 0.2) is 5.83 Å². The Morgan fingerprint density at radius 3 is 2.66 bits per heavy atom. The van der Waals surface area contributed by atoms with Crippen LogP contribution in [-0.4, -0.2) is 90.7 Å². The fourth-order valence-electron chi connectivity index (χ4n) is 6.92. The van der Waals surface area contributed by atoms with Crippen molar-refractivity contribution in [3.63, 3.8) is 0 Å². The summed E-state index contributed by atoms with van der Waals surface area (Å²) in [5.41, 5.74) is 2.97. The lowest BCUT2D eigenvalue weighted by Gasteiger charge is -2.41. The van der Waals surface area contributed by atoms with Crippen molar-refractivity contribution < 1.29 is 13.9 Å². The molecule has 230 valence electrons. The number of likely N-dealkylation sites (N-methyl/N-ethyl adjacent to an activating group) is 1.